The molecule has 0 heterocycles. The lowest BCUT2D eigenvalue weighted by molar-refractivity contribution is 0.578. The molecular formula is C10H11F2N3S. The molecule has 0 saturated heterocycles. The third-order valence-electron chi connectivity index (χ3n) is 1.88. The van der Waals surface area contributed by atoms with Crippen LogP contribution in [-0.2, 0) is 0 Å². The van der Waals surface area contributed by atoms with Gasteiger partial charge in [-0.3, -0.25) is 5.43 Å². The van der Waals surface area contributed by atoms with Crippen LogP contribution in [0.25, 0.3) is 0 Å². The van der Waals surface area contributed by atoms with E-state index in [-0.39, 0.29) is 16.4 Å². The molecule has 0 atom stereocenters. The first-order valence-corrected chi connectivity index (χ1v) is 4.93. The number of rotatable bonds is 2. The summed E-state index contributed by atoms with van der Waals surface area (Å²) in [5.41, 5.74) is 2.49. The highest BCUT2D eigenvalue weighted by molar-refractivity contribution is 7.80. The van der Waals surface area contributed by atoms with Gasteiger partial charge in [0.25, 0.3) is 0 Å². The van der Waals surface area contributed by atoms with Crippen molar-refractivity contribution in [1.29, 1.82) is 0 Å². The molecule has 0 saturated carbocycles. The van der Waals surface area contributed by atoms with Crippen molar-refractivity contribution in [1.82, 2.24) is 10.7 Å². The van der Waals surface area contributed by atoms with Crippen LogP contribution in [0.15, 0.2) is 23.3 Å². The summed E-state index contributed by atoms with van der Waals surface area (Å²) in [6, 6.07) is 3.65. The number of thiocarbonyl (C=S) groups is 1. The molecule has 1 aromatic rings. The Morgan fingerprint density at radius 3 is 2.38 bits per heavy atom. The van der Waals surface area contributed by atoms with Gasteiger partial charge in [-0.15, -0.1) is 0 Å². The average molecular weight is 243 g/mol. The fraction of sp³-hybridized carbons (Fsp3) is 0.200. The highest BCUT2D eigenvalue weighted by Crippen LogP contribution is 2.12. The van der Waals surface area contributed by atoms with Gasteiger partial charge in [-0.25, -0.2) is 8.78 Å². The molecule has 1 rings (SSSR count). The van der Waals surface area contributed by atoms with E-state index in [0.717, 1.165) is 0 Å². The second-order valence-corrected chi connectivity index (χ2v) is 3.39. The fourth-order valence-corrected chi connectivity index (χ4v) is 1.14. The van der Waals surface area contributed by atoms with E-state index in [1.54, 1.807) is 7.05 Å². The minimum atomic E-state index is -0.654. The number of nitrogens with one attached hydrogen (secondary N) is 2. The first kappa shape index (κ1) is 12.5. The van der Waals surface area contributed by atoms with E-state index in [0.29, 0.717) is 0 Å². The van der Waals surface area contributed by atoms with Crippen LogP contribution in [0.3, 0.4) is 0 Å². The predicted molar refractivity (Wildman–Crippen MR) is 63.4 cm³/mol. The first-order valence-electron chi connectivity index (χ1n) is 4.52. The largest absolute Gasteiger partial charge is 0.364 e. The number of hydrogen-bond donors (Lipinski definition) is 2. The molecule has 0 aliphatic heterocycles. The van der Waals surface area contributed by atoms with E-state index >= 15 is 0 Å². The summed E-state index contributed by atoms with van der Waals surface area (Å²) in [6.07, 6.45) is 0. The molecule has 0 fully saturated rings. The minimum absolute atomic E-state index is 0.158. The van der Waals surface area contributed by atoms with Gasteiger partial charge in [0.15, 0.2) is 5.11 Å². The summed E-state index contributed by atoms with van der Waals surface area (Å²) >= 11 is 4.77. The first-order chi connectivity index (χ1) is 7.56. The van der Waals surface area contributed by atoms with Gasteiger partial charge in [0.1, 0.15) is 11.6 Å². The summed E-state index contributed by atoms with van der Waals surface area (Å²) in [7, 11) is 1.61. The second kappa shape index (κ2) is 5.50. The number of hydrazone groups is 1. The maximum atomic E-state index is 13.3. The third kappa shape index (κ3) is 2.96. The zero-order valence-corrected chi connectivity index (χ0v) is 9.66. The van der Waals surface area contributed by atoms with E-state index in [1.807, 2.05) is 0 Å². The van der Waals surface area contributed by atoms with E-state index in [9.17, 15) is 8.78 Å². The van der Waals surface area contributed by atoms with Crippen molar-refractivity contribution in [3.63, 3.8) is 0 Å². The molecule has 0 amide bonds. The van der Waals surface area contributed by atoms with Gasteiger partial charge in [-0.2, -0.15) is 5.10 Å². The van der Waals surface area contributed by atoms with Crippen LogP contribution in [0.2, 0.25) is 0 Å². The van der Waals surface area contributed by atoms with Gasteiger partial charge in [-0.1, -0.05) is 6.07 Å². The maximum absolute atomic E-state index is 13.3. The van der Waals surface area contributed by atoms with Gasteiger partial charge >= 0.3 is 0 Å². The molecule has 3 nitrogen and oxygen atoms in total. The van der Waals surface area contributed by atoms with Crippen LogP contribution in [0.4, 0.5) is 8.78 Å². The van der Waals surface area contributed by atoms with Crippen LogP contribution in [-0.4, -0.2) is 17.9 Å². The summed E-state index contributed by atoms with van der Waals surface area (Å²) in [5.74, 6) is -1.31. The monoisotopic (exact) mass is 243 g/mol. The van der Waals surface area contributed by atoms with Crippen molar-refractivity contribution in [3.8, 4) is 0 Å². The minimum Gasteiger partial charge on any atom is -0.364 e. The molecule has 2 N–H and O–H groups in total. The Kier molecular flexibility index (Phi) is 4.30. The Bertz CT molecular complexity index is 412. The molecule has 0 unspecified atom stereocenters. The van der Waals surface area contributed by atoms with Gasteiger partial charge in [0.05, 0.1) is 11.3 Å². The second-order valence-electron chi connectivity index (χ2n) is 2.98. The Morgan fingerprint density at radius 2 is 1.88 bits per heavy atom. The molecule has 1 aromatic carbocycles. The standard InChI is InChI=1S/C10H11F2N3S/c1-6(14-15-10(16)13-2)9-7(11)4-3-5-8(9)12/h3-5H,1-2H3,(H2,13,15,16)/b14-6-. The Hall–Kier alpha value is -1.56. The molecular weight excluding hydrogens is 232 g/mol. The number of benzene rings is 1. The fourth-order valence-electron chi connectivity index (χ4n) is 1.09. The van der Waals surface area contributed by atoms with Crippen molar-refractivity contribution in [2.24, 2.45) is 5.10 Å². The van der Waals surface area contributed by atoms with Gasteiger partial charge in [0, 0.05) is 7.05 Å². The van der Waals surface area contributed by atoms with E-state index in [4.69, 9.17) is 12.2 Å². The normalized spacial score (nSPS) is 11.1. The topological polar surface area (TPSA) is 36.4 Å². The van der Waals surface area contributed by atoms with Crippen LogP contribution in [0.1, 0.15) is 12.5 Å². The lowest BCUT2D eigenvalue weighted by Gasteiger charge is -2.05. The van der Waals surface area contributed by atoms with Gasteiger partial charge in [0.2, 0.25) is 0 Å². The molecule has 86 valence electrons. The lowest BCUT2D eigenvalue weighted by Crippen LogP contribution is -2.29. The van der Waals surface area contributed by atoms with Crippen LogP contribution >= 0.6 is 12.2 Å². The Morgan fingerprint density at radius 1 is 1.31 bits per heavy atom. The lowest BCUT2D eigenvalue weighted by atomic mass is 10.1. The Balaban J connectivity index is 2.96. The summed E-state index contributed by atoms with van der Waals surface area (Å²) in [4.78, 5) is 0. The molecule has 0 aliphatic rings. The molecule has 0 bridgehead atoms. The molecule has 0 aliphatic carbocycles. The zero-order valence-electron chi connectivity index (χ0n) is 8.84. The van der Waals surface area contributed by atoms with Crippen LogP contribution in [0.5, 0.6) is 0 Å². The van der Waals surface area contributed by atoms with Gasteiger partial charge < -0.3 is 5.32 Å². The highest BCUT2D eigenvalue weighted by atomic mass is 32.1. The summed E-state index contributed by atoms with van der Waals surface area (Å²) in [5, 5.41) is 6.67. The third-order valence-corrected chi connectivity index (χ3v) is 2.17. The van der Waals surface area contributed by atoms with Crippen molar-refractivity contribution < 1.29 is 8.78 Å². The number of hydrogen-bond acceptors (Lipinski definition) is 2. The predicted octanol–water partition coefficient (Wildman–Crippen LogP) is 1.78. The molecule has 0 radical (unpaired) electrons. The SMILES string of the molecule is CNC(=S)N/N=C(/C)c1c(F)cccc1F. The number of nitrogens with zero attached hydrogens (tertiary/aromatic N) is 1. The van der Waals surface area contributed by atoms with E-state index in [2.05, 4.69) is 15.8 Å². The van der Waals surface area contributed by atoms with Gasteiger partial charge in [-0.05, 0) is 31.3 Å². The average Bonchev–Trinajstić information content (AvgIpc) is 2.25. The Labute approximate surface area is 97.5 Å². The van der Waals surface area contributed by atoms with E-state index < -0.39 is 11.6 Å². The van der Waals surface area contributed by atoms with Crippen molar-refractivity contribution in [2.45, 2.75) is 6.92 Å². The summed E-state index contributed by atoms with van der Waals surface area (Å²) in [6.45, 7) is 1.49. The van der Waals surface area contributed by atoms with Crippen LogP contribution in [0, 0.1) is 11.6 Å². The summed E-state index contributed by atoms with van der Waals surface area (Å²) < 4.78 is 26.6. The van der Waals surface area contributed by atoms with Crippen LogP contribution < -0.4 is 10.7 Å². The molecule has 6 heteroatoms. The zero-order chi connectivity index (χ0) is 12.1. The van der Waals surface area contributed by atoms with E-state index in [1.165, 1.54) is 25.1 Å². The molecule has 16 heavy (non-hydrogen) atoms. The van der Waals surface area contributed by atoms with Crippen molar-refractivity contribution >= 4 is 23.0 Å². The van der Waals surface area contributed by atoms with Crippen molar-refractivity contribution in [2.75, 3.05) is 7.05 Å². The maximum Gasteiger partial charge on any atom is 0.186 e. The number of halogens is 2. The molecule has 0 aromatic heterocycles. The highest BCUT2D eigenvalue weighted by Gasteiger charge is 2.11. The quantitative estimate of drug-likeness (QED) is 0.472. The smallest absolute Gasteiger partial charge is 0.186 e. The molecule has 0 spiro atoms. The van der Waals surface area contributed by atoms with Crippen molar-refractivity contribution in [3.05, 3.63) is 35.4 Å².